The van der Waals surface area contributed by atoms with Crippen molar-refractivity contribution in [2.45, 2.75) is 64.3 Å². The molecule has 0 bridgehead atoms. The van der Waals surface area contributed by atoms with Crippen molar-refractivity contribution in [2.24, 2.45) is 5.41 Å². The zero-order valence-electron chi connectivity index (χ0n) is 27.7. The van der Waals surface area contributed by atoms with Crippen molar-refractivity contribution in [2.75, 3.05) is 13.2 Å². The molecule has 272 valence electrons. The van der Waals surface area contributed by atoms with Gasteiger partial charge in [0.05, 0.1) is 17.3 Å². The van der Waals surface area contributed by atoms with Crippen LogP contribution in [0, 0.1) is 10.8 Å². The van der Waals surface area contributed by atoms with Crippen LogP contribution in [0.5, 0.6) is 0 Å². The quantitative estimate of drug-likeness (QED) is 0.0714. The molecule has 0 unspecified atom stereocenters. The summed E-state index contributed by atoms with van der Waals surface area (Å²) in [5, 5.41) is 24.3. The second-order valence-electron chi connectivity index (χ2n) is 13.2. The normalized spacial score (nSPS) is 14.5. The number of aromatic amines is 1. The molecule has 2 aromatic heterocycles. The van der Waals surface area contributed by atoms with E-state index in [1.54, 1.807) is 6.07 Å². The molecule has 1 saturated carbocycles. The summed E-state index contributed by atoms with van der Waals surface area (Å²) in [6, 6.07) is 9.19. The highest BCUT2D eigenvalue weighted by molar-refractivity contribution is 6.33. The highest BCUT2D eigenvalue weighted by Gasteiger charge is 2.64. The molecule has 0 spiro atoms. The van der Waals surface area contributed by atoms with E-state index in [2.05, 4.69) is 25.6 Å². The molecule has 0 aliphatic heterocycles. The Labute approximate surface area is 294 Å². The molecule has 4 aromatic rings. The number of benzene rings is 2. The minimum absolute atomic E-state index is 0.0650. The lowest BCUT2D eigenvalue weighted by molar-refractivity contribution is -0.164. The molecule has 0 radical (unpaired) electrons. The van der Waals surface area contributed by atoms with Crippen molar-refractivity contribution < 1.29 is 36.3 Å². The third-order valence-electron chi connectivity index (χ3n) is 8.26. The zero-order chi connectivity index (χ0) is 37.1. The molecule has 1 atom stereocenters. The van der Waals surface area contributed by atoms with Gasteiger partial charge in [-0.3, -0.25) is 20.2 Å². The van der Waals surface area contributed by atoms with Gasteiger partial charge < -0.3 is 15.4 Å². The van der Waals surface area contributed by atoms with Crippen LogP contribution in [-0.2, 0) is 4.74 Å². The van der Waals surface area contributed by atoms with Gasteiger partial charge in [-0.15, -0.1) is 0 Å². The Morgan fingerprint density at radius 1 is 1.12 bits per heavy atom. The monoisotopic (exact) mass is 735 g/mol. The number of H-pyrrole nitrogens is 1. The topological polar surface area (TPSA) is 154 Å². The average Bonchev–Trinajstić information content (AvgIpc) is 3.43. The number of hydrogen-bond donors (Lipinski definition) is 4. The molecular formula is C33H35ClF5N9O3. The summed E-state index contributed by atoms with van der Waals surface area (Å²) in [4.78, 5) is 32.3. The Bertz CT molecular complexity index is 1850. The van der Waals surface area contributed by atoms with Crippen molar-refractivity contribution in [1.29, 1.82) is 5.41 Å². The first kappa shape index (κ1) is 37.2. The number of guanidine groups is 1. The number of aromatic nitrogens is 5. The zero-order valence-corrected chi connectivity index (χ0v) is 28.4. The highest BCUT2D eigenvalue weighted by Crippen LogP contribution is 2.49. The van der Waals surface area contributed by atoms with Crippen LogP contribution in [0.1, 0.15) is 68.5 Å². The number of halogens is 6. The number of rotatable bonds is 11. The fourth-order valence-corrected chi connectivity index (χ4v) is 5.36. The Hall–Kier alpha value is -5.06. The van der Waals surface area contributed by atoms with Gasteiger partial charge in [0.15, 0.2) is 11.8 Å². The molecule has 1 fully saturated rings. The van der Waals surface area contributed by atoms with Crippen LogP contribution in [0.25, 0.3) is 22.5 Å². The highest BCUT2D eigenvalue weighted by atomic mass is 35.5. The first-order valence-corrected chi connectivity index (χ1v) is 16.1. The number of carbonyl (C=O) groups excluding carboxylic acids is 2. The van der Waals surface area contributed by atoms with Crippen LogP contribution in [0.15, 0.2) is 61.2 Å². The fraction of sp³-hybridized carbons (Fsp3) is 0.394. The van der Waals surface area contributed by atoms with Gasteiger partial charge in [0.25, 0.3) is 5.91 Å². The van der Waals surface area contributed by atoms with Crippen molar-refractivity contribution in [3.8, 4) is 22.5 Å². The Morgan fingerprint density at radius 2 is 1.82 bits per heavy atom. The SMILES string of the molecule is CC(C)(C)CCNC(=N)N(C(=O)c1ccc(-c2cnn(C(F)F)c2)cc1)[C@H](COC(=O)NC1(C(F)(F)F)CC1)c1ccc(Cl)c(-c2ncn[nH]2)c1. The number of nitrogens with zero attached hydrogens (tertiary/aromatic N) is 5. The number of ether oxygens (including phenoxy) is 1. The summed E-state index contributed by atoms with van der Waals surface area (Å²) in [5.74, 6) is -0.856. The van der Waals surface area contributed by atoms with Gasteiger partial charge in [0.1, 0.15) is 18.5 Å². The van der Waals surface area contributed by atoms with Gasteiger partial charge in [0, 0.05) is 29.4 Å². The van der Waals surface area contributed by atoms with Gasteiger partial charge in [-0.25, -0.2) is 14.5 Å². The smallest absolute Gasteiger partial charge is 0.411 e. The van der Waals surface area contributed by atoms with E-state index in [1.165, 1.54) is 48.9 Å². The van der Waals surface area contributed by atoms with E-state index in [0.717, 1.165) is 11.1 Å². The minimum Gasteiger partial charge on any atom is -0.447 e. The van der Waals surface area contributed by atoms with E-state index in [4.69, 9.17) is 21.7 Å². The van der Waals surface area contributed by atoms with Crippen molar-refractivity contribution in [1.82, 2.24) is 40.5 Å². The third-order valence-corrected chi connectivity index (χ3v) is 8.59. The summed E-state index contributed by atoms with van der Waals surface area (Å²) < 4.78 is 72.9. The molecule has 2 aromatic carbocycles. The summed E-state index contributed by atoms with van der Waals surface area (Å²) in [7, 11) is 0. The molecule has 18 heteroatoms. The summed E-state index contributed by atoms with van der Waals surface area (Å²) in [6.07, 6.45) is -2.41. The van der Waals surface area contributed by atoms with Crippen LogP contribution in [0.4, 0.5) is 26.7 Å². The van der Waals surface area contributed by atoms with Gasteiger partial charge in [-0.05, 0) is 60.1 Å². The summed E-state index contributed by atoms with van der Waals surface area (Å²) in [5.41, 5.74) is -0.984. The molecule has 0 saturated heterocycles. The Kier molecular flexibility index (Phi) is 10.7. The van der Waals surface area contributed by atoms with Gasteiger partial charge >= 0.3 is 18.8 Å². The Balaban J connectivity index is 1.52. The number of alkyl halides is 5. The van der Waals surface area contributed by atoms with Crippen LogP contribution in [0.2, 0.25) is 5.02 Å². The van der Waals surface area contributed by atoms with Gasteiger partial charge in [0.2, 0.25) is 0 Å². The maximum atomic E-state index is 14.4. The lowest BCUT2D eigenvalue weighted by Crippen LogP contribution is -2.50. The van der Waals surface area contributed by atoms with Crippen LogP contribution < -0.4 is 10.6 Å². The second kappa shape index (κ2) is 14.7. The number of nitrogens with one attached hydrogen (secondary N) is 4. The first-order chi connectivity index (χ1) is 24.0. The van der Waals surface area contributed by atoms with E-state index < -0.39 is 42.9 Å². The molecule has 2 amide bonds. The van der Waals surface area contributed by atoms with E-state index in [9.17, 15) is 31.5 Å². The van der Waals surface area contributed by atoms with E-state index in [-0.39, 0.29) is 47.2 Å². The summed E-state index contributed by atoms with van der Waals surface area (Å²) in [6.45, 7) is 2.75. The predicted molar refractivity (Wildman–Crippen MR) is 177 cm³/mol. The molecule has 51 heavy (non-hydrogen) atoms. The molecule has 1 aliphatic carbocycles. The average molecular weight is 736 g/mol. The number of hydrogen-bond acceptors (Lipinski definition) is 7. The number of amides is 2. The third kappa shape index (κ3) is 8.82. The second-order valence-corrected chi connectivity index (χ2v) is 13.6. The van der Waals surface area contributed by atoms with E-state index >= 15 is 0 Å². The fourth-order valence-electron chi connectivity index (χ4n) is 5.16. The Morgan fingerprint density at radius 3 is 2.39 bits per heavy atom. The number of carbonyl (C=O) groups is 2. The molecule has 5 rings (SSSR count). The van der Waals surface area contributed by atoms with E-state index in [0.29, 0.717) is 33.4 Å². The van der Waals surface area contributed by atoms with Crippen molar-refractivity contribution in [3.63, 3.8) is 0 Å². The predicted octanol–water partition coefficient (Wildman–Crippen LogP) is 7.35. The van der Waals surface area contributed by atoms with Crippen molar-refractivity contribution in [3.05, 3.63) is 77.3 Å². The molecule has 1 aliphatic rings. The standard InChI is InChI=1S/C33H35ClF5N9O3/c1-31(2,3)12-13-41-29(40)48(27(49)20-6-4-19(5-7-20)22-15-44-47(16-22)28(35)36)25(17-51-30(50)45-32(10-11-32)33(37,38)39)21-8-9-24(34)23(14-21)26-42-18-43-46-26/h4-9,14-16,18,25,28H,10-13,17H2,1-3H3,(H2,40,41)(H,45,50)(H,42,43,46)/t25-/m1/s1. The molecule has 2 heterocycles. The molecule has 12 nitrogen and oxygen atoms in total. The summed E-state index contributed by atoms with van der Waals surface area (Å²) >= 11 is 6.47. The van der Waals surface area contributed by atoms with Crippen molar-refractivity contribution >= 4 is 29.6 Å². The van der Waals surface area contributed by atoms with Crippen LogP contribution in [-0.4, -0.2) is 72.7 Å². The largest absolute Gasteiger partial charge is 0.447 e. The maximum absolute atomic E-state index is 14.4. The first-order valence-electron chi connectivity index (χ1n) is 15.7. The maximum Gasteiger partial charge on any atom is 0.411 e. The lowest BCUT2D eigenvalue weighted by Gasteiger charge is -2.33. The lowest BCUT2D eigenvalue weighted by atomic mass is 9.92. The van der Waals surface area contributed by atoms with E-state index in [1.807, 2.05) is 26.1 Å². The van der Waals surface area contributed by atoms with Crippen LogP contribution >= 0.6 is 11.6 Å². The van der Waals surface area contributed by atoms with Crippen LogP contribution in [0.3, 0.4) is 0 Å². The molecule has 4 N–H and O–H groups in total. The van der Waals surface area contributed by atoms with Gasteiger partial charge in [-0.2, -0.15) is 32.1 Å². The molecular weight excluding hydrogens is 701 g/mol. The minimum atomic E-state index is -4.70. The van der Waals surface area contributed by atoms with Gasteiger partial charge in [-0.1, -0.05) is 50.6 Å². The number of alkyl carbamates (subject to hydrolysis) is 1.